The van der Waals surface area contributed by atoms with Gasteiger partial charge >= 0.3 is 5.97 Å². The van der Waals surface area contributed by atoms with Crippen molar-refractivity contribution in [1.29, 1.82) is 0 Å². The molecule has 0 spiro atoms. The SMILES string of the molecule is C=C(OC(C)=O)c1cc2ccccc2o1. The third-order valence-electron chi connectivity index (χ3n) is 1.97. The lowest BCUT2D eigenvalue weighted by atomic mass is 10.2. The third-order valence-corrected chi connectivity index (χ3v) is 1.97. The van der Waals surface area contributed by atoms with E-state index in [4.69, 9.17) is 9.15 Å². The average molecular weight is 202 g/mol. The van der Waals surface area contributed by atoms with Crippen molar-refractivity contribution in [3.8, 4) is 0 Å². The van der Waals surface area contributed by atoms with Crippen LogP contribution in [0.3, 0.4) is 0 Å². The van der Waals surface area contributed by atoms with Crippen molar-refractivity contribution in [1.82, 2.24) is 0 Å². The Bertz CT molecular complexity index is 489. The third kappa shape index (κ3) is 1.91. The standard InChI is InChI=1S/C12H10O3/c1-8(14-9(2)13)12-7-10-5-3-4-6-11(10)15-12/h3-7H,1H2,2H3. The number of carbonyl (C=O) groups is 1. The van der Waals surface area contributed by atoms with Crippen molar-refractivity contribution in [3.63, 3.8) is 0 Å². The van der Waals surface area contributed by atoms with Gasteiger partial charge in [0.15, 0.2) is 11.5 Å². The van der Waals surface area contributed by atoms with Crippen molar-refractivity contribution >= 4 is 22.7 Å². The summed E-state index contributed by atoms with van der Waals surface area (Å²) in [5.41, 5.74) is 0.751. The Labute approximate surface area is 87.0 Å². The highest BCUT2D eigenvalue weighted by Gasteiger charge is 2.09. The minimum atomic E-state index is -0.402. The maximum Gasteiger partial charge on any atom is 0.308 e. The number of ether oxygens (including phenoxy) is 1. The highest BCUT2D eigenvalue weighted by Crippen LogP contribution is 2.24. The van der Waals surface area contributed by atoms with Crippen LogP contribution in [0.15, 0.2) is 41.3 Å². The summed E-state index contributed by atoms with van der Waals surface area (Å²) in [6.45, 7) is 4.95. The van der Waals surface area contributed by atoms with Gasteiger partial charge in [-0.1, -0.05) is 24.8 Å². The number of fused-ring (bicyclic) bond motifs is 1. The van der Waals surface area contributed by atoms with E-state index in [0.29, 0.717) is 5.76 Å². The average Bonchev–Trinajstić information content (AvgIpc) is 2.59. The van der Waals surface area contributed by atoms with Crippen LogP contribution in [0.5, 0.6) is 0 Å². The van der Waals surface area contributed by atoms with Crippen molar-refractivity contribution in [2.24, 2.45) is 0 Å². The van der Waals surface area contributed by atoms with Gasteiger partial charge in [0.05, 0.1) is 0 Å². The Morgan fingerprint density at radius 2 is 2.13 bits per heavy atom. The molecule has 76 valence electrons. The fourth-order valence-corrected chi connectivity index (χ4v) is 1.34. The second-order valence-corrected chi connectivity index (χ2v) is 3.17. The van der Waals surface area contributed by atoms with E-state index in [1.54, 1.807) is 6.07 Å². The first-order valence-corrected chi connectivity index (χ1v) is 4.53. The van der Waals surface area contributed by atoms with E-state index in [9.17, 15) is 4.79 Å². The molecule has 0 bridgehead atoms. The zero-order valence-electron chi connectivity index (χ0n) is 8.32. The van der Waals surface area contributed by atoms with Gasteiger partial charge in [-0.3, -0.25) is 4.79 Å². The molecule has 0 aliphatic carbocycles. The van der Waals surface area contributed by atoms with Gasteiger partial charge in [-0.05, 0) is 12.1 Å². The second kappa shape index (κ2) is 3.61. The first-order chi connectivity index (χ1) is 7.16. The molecule has 0 unspecified atom stereocenters. The molecular weight excluding hydrogens is 192 g/mol. The summed E-state index contributed by atoms with van der Waals surface area (Å²) in [7, 11) is 0. The lowest BCUT2D eigenvalue weighted by Gasteiger charge is -1.99. The lowest BCUT2D eigenvalue weighted by Crippen LogP contribution is -1.95. The van der Waals surface area contributed by atoms with Gasteiger partial charge in [0, 0.05) is 12.3 Å². The first kappa shape index (κ1) is 9.52. The molecule has 0 atom stereocenters. The molecule has 0 aliphatic rings. The smallest absolute Gasteiger partial charge is 0.308 e. The molecule has 0 radical (unpaired) electrons. The quantitative estimate of drug-likeness (QED) is 0.555. The summed E-state index contributed by atoms with van der Waals surface area (Å²) in [6.07, 6.45) is 0. The number of furan rings is 1. The summed E-state index contributed by atoms with van der Waals surface area (Å²) in [4.78, 5) is 10.7. The van der Waals surface area contributed by atoms with E-state index in [2.05, 4.69) is 6.58 Å². The molecule has 2 aromatic rings. The number of rotatable bonds is 2. The van der Waals surface area contributed by atoms with Crippen molar-refractivity contribution in [3.05, 3.63) is 42.7 Å². The van der Waals surface area contributed by atoms with Crippen LogP contribution in [0, 0.1) is 0 Å². The zero-order valence-corrected chi connectivity index (χ0v) is 8.32. The Kier molecular flexibility index (Phi) is 2.29. The summed E-state index contributed by atoms with van der Waals surface area (Å²) >= 11 is 0. The summed E-state index contributed by atoms with van der Waals surface area (Å²) in [6, 6.07) is 9.35. The minimum Gasteiger partial charge on any atom is -0.453 e. The maximum absolute atomic E-state index is 10.7. The molecule has 0 amide bonds. The highest BCUT2D eigenvalue weighted by molar-refractivity contribution is 5.82. The van der Waals surface area contributed by atoms with E-state index >= 15 is 0 Å². The van der Waals surface area contributed by atoms with Crippen LogP contribution in [-0.4, -0.2) is 5.97 Å². The van der Waals surface area contributed by atoms with Gasteiger partial charge < -0.3 is 9.15 Å². The molecule has 0 fully saturated rings. The van der Waals surface area contributed by atoms with Crippen molar-refractivity contribution in [2.45, 2.75) is 6.92 Å². The Hall–Kier alpha value is -2.03. The predicted molar refractivity (Wildman–Crippen MR) is 57.0 cm³/mol. The van der Waals surface area contributed by atoms with Crippen LogP contribution in [-0.2, 0) is 9.53 Å². The van der Waals surface area contributed by atoms with Crippen LogP contribution >= 0.6 is 0 Å². The molecule has 1 heterocycles. The monoisotopic (exact) mass is 202 g/mol. The maximum atomic E-state index is 10.7. The Balaban J connectivity index is 2.36. The van der Waals surface area contributed by atoms with Crippen LogP contribution < -0.4 is 0 Å². The van der Waals surface area contributed by atoms with Gasteiger partial charge in [-0.25, -0.2) is 0 Å². The van der Waals surface area contributed by atoms with E-state index < -0.39 is 5.97 Å². The number of carbonyl (C=O) groups excluding carboxylic acids is 1. The van der Waals surface area contributed by atoms with Gasteiger partial charge in [0.25, 0.3) is 0 Å². The highest BCUT2D eigenvalue weighted by atomic mass is 16.5. The number of hydrogen-bond acceptors (Lipinski definition) is 3. The molecule has 3 nitrogen and oxygen atoms in total. The van der Waals surface area contributed by atoms with E-state index in [1.165, 1.54) is 6.92 Å². The van der Waals surface area contributed by atoms with E-state index in [1.807, 2.05) is 24.3 Å². The first-order valence-electron chi connectivity index (χ1n) is 4.53. The van der Waals surface area contributed by atoms with E-state index in [-0.39, 0.29) is 5.76 Å². The lowest BCUT2D eigenvalue weighted by molar-refractivity contribution is -0.134. The number of esters is 1. The second-order valence-electron chi connectivity index (χ2n) is 3.17. The van der Waals surface area contributed by atoms with Gasteiger partial charge in [-0.15, -0.1) is 0 Å². The predicted octanol–water partition coefficient (Wildman–Crippen LogP) is 2.97. The summed E-state index contributed by atoms with van der Waals surface area (Å²) < 4.78 is 10.3. The van der Waals surface area contributed by atoms with Gasteiger partial charge in [0.2, 0.25) is 0 Å². The zero-order chi connectivity index (χ0) is 10.8. The number of benzene rings is 1. The van der Waals surface area contributed by atoms with Crippen molar-refractivity contribution in [2.75, 3.05) is 0 Å². The molecule has 0 saturated heterocycles. The molecule has 0 saturated carbocycles. The fourth-order valence-electron chi connectivity index (χ4n) is 1.34. The normalized spacial score (nSPS) is 10.2. The van der Waals surface area contributed by atoms with Crippen LogP contribution in [0.1, 0.15) is 12.7 Å². The molecule has 0 aliphatic heterocycles. The van der Waals surface area contributed by atoms with Gasteiger partial charge in [0.1, 0.15) is 5.58 Å². The van der Waals surface area contributed by atoms with Gasteiger partial charge in [-0.2, -0.15) is 0 Å². The van der Waals surface area contributed by atoms with E-state index in [0.717, 1.165) is 11.0 Å². The minimum absolute atomic E-state index is 0.235. The number of hydrogen-bond donors (Lipinski definition) is 0. The largest absolute Gasteiger partial charge is 0.453 e. The topological polar surface area (TPSA) is 39.4 Å². The number of para-hydroxylation sites is 1. The van der Waals surface area contributed by atoms with Crippen LogP contribution in [0.2, 0.25) is 0 Å². The molecule has 3 heteroatoms. The molecule has 1 aromatic heterocycles. The summed E-state index contributed by atoms with van der Waals surface area (Å²) in [5.74, 6) is 0.311. The molecule has 0 N–H and O–H groups in total. The van der Waals surface area contributed by atoms with Crippen LogP contribution in [0.25, 0.3) is 16.7 Å². The fraction of sp³-hybridized carbons (Fsp3) is 0.0833. The van der Waals surface area contributed by atoms with Crippen LogP contribution in [0.4, 0.5) is 0 Å². The van der Waals surface area contributed by atoms with Crippen molar-refractivity contribution < 1.29 is 13.9 Å². The molecule has 15 heavy (non-hydrogen) atoms. The molecule has 1 aromatic carbocycles. The Morgan fingerprint density at radius 1 is 1.40 bits per heavy atom. The summed E-state index contributed by atoms with van der Waals surface area (Å²) in [5, 5.41) is 0.959. The molecular formula is C12H10O3. The Morgan fingerprint density at radius 3 is 2.80 bits per heavy atom. The molecule has 2 rings (SSSR count).